The molecule has 0 amide bonds. The number of hydrogen-bond acceptors (Lipinski definition) is 3. The summed E-state index contributed by atoms with van der Waals surface area (Å²) in [6.07, 6.45) is 1.50. The molecule has 1 heterocycles. The third-order valence-corrected chi connectivity index (χ3v) is 0.840. The number of rotatable bonds is 1. The van der Waals surface area contributed by atoms with E-state index in [0.29, 0.717) is 0 Å². The number of hydrogen-bond donors (Lipinski definition) is 2. The summed E-state index contributed by atoms with van der Waals surface area (Å²) >= 11 is 0. The molecule has 0 aliphatic rings. The van der Waals surface area contributed by atoms with Crippen LogP contribution in [0.3, 0.4) is 0 Å². The van der Waals surface area contributed by atoms with Gasteiger partial charge in [0, 0.05) is 7.05 Å². The second-order valence-corrected chi connectivity index (χ2v) is 1.66. The number of nitrogens with one attached hydrogen (secondary N) is 1. The van der Waals surface area contributed by atoms with Crippen molar-refractivity contribution in [2.45, 2.75) is 0 Å². The minimum atomic E-state index is -0.101. The summed E-state index contributed by atoms with van der Waals surface area (Å²) in [7, 11) is 1.72. The molecule has 5 heteroatoms. The summed E-state index contributed by atoms with van der Waals surface area (Å²) in [5.74, 6) is 0.174. The van der Waals surface area contributed by atoms with E-state index < -0.39 is 0 Å². The maximum Gasteiger partial charge on any atom is 0.215 e. The molecule has 0 atom stereocenters. The van der Waals surface area contributed by atoms with Crippen LogP contribution in [0.4, 0.5) is 0 Å². The molecule has 0 fully saturated rings. The summed E-state index contributed by atoms with van der Waals surface area (Å²) in [6.45, 7) is 0. The summed E-state index contributed by atoms with van der Waals surface area (Å²) in [5.41, 5.74) is 5.07. The first-order valence-corrected chi connectivity index (χ1v) is 2.40. The Morgan fingerprint density at radius 1 is 1.89 bits per heavy atom. The Morgan fingerprint density at radius 2 is 2.56 bits per heavy atom. The van der Waals surface area contributed by atoms with E-state index in [1.165, 1.54) is 11.0 Å². The Hall–Kier alpha value is -1.39. The molecule has 5 nitrogen and oxygen atoms in total. The summed E-state index contributed by atoms with van der Waals surface area (Å²) in [6, 6.07) is 0. The first kappa shape index (κ1) is 5.74. The van der Waals surface area contributed by atoms with Gasteiger partial charge in [-0.05, 0) is 0 Å². The van der Waals surface area contributed by atoms with Gasteiger partial charge in [0.15, 0.2) is 5.84 Å². The molecule has 0 bridgehead atoms. The van der Waals surface area contributed by atoms with E-state index in [4.69, 9.17) is 11.1 Å². The quantitative estimate of drug-likeness (QED) is 0.377. The van der Waals surface area contributed by atoms with Crippen LogP contribution in [0.1, 0.15) is 5.82 Å². The normalized spacial score (nSPS) is 9.44. The van der Waals surface area contributed by atoms with Crippen molar-refractivity contribution in [3.8, 4) is 0 Å². The van der Waals surface area contributed by atoms with Crippen molar-refractivity contribution in [1.82, 2.24) is 14.8 Å². The Kier molecular flexibility index (Phi) is 1.18. The molecular weight excluding hydrogens is 118 g/mol. The number of nitrogen functional groups attached to an aromatic ring is 1. The standard InChI is InChI=1S/C4H7N5/c1-9-2-7-4(8-9)3(5)6/h2H,1H3,(H3,5,6). The average Bonchev–Trinajstić information content (AvgIpc) is 2.14. The summed E-state index contributed by atoms with van der Waals surface area (Å²) in [4.78, 5) is 3.72. The summed E-state index contributed by atoms with van der Waals surface area (Å²) < 4.78 is 1.50. The lowest BCUT2D eigenvalue weighted by Crippen LogP contribution is -2.13. The predicted molar refractivity (Wildman–Crippen MR) is 32.0 cm³/mol. The van der Waals surface area contributed by atoms with E-state index in [1.807, 2.05) is 0 Å². The average molecular weight is 125 g/mol. The van der Waals surface area contributed by atoms with Gasteiger partial charge in [-0.1, -0.05) is 0 Å². The number of nitrogens with two attached hydrogens (primary N) is 1. The molecule has 3 N–H and O–H groups in total. The van der Waals surface area contributed by atoms with Gasteiger partial charge in [0.2, 0.25) is 5.82 Å². The molecule has 48 valence electrons. The van der Waals surface area contributed by atoms with Crippen molar-refractivity contribution in [3.63, 3.8) is 0 Å². The monoisotopic (exact) mass is 125 g/mol. The highest BCUT2D eigenvalue weighted by Gasteiger charge is 1.98. The van der Waals surface area contributed by atoms with Crippen LogP contribution < -0.4 is 5.73 Å². The zero-order valence-corrected chi connectivity index (χ0v) is 5.00. The van der Waals surface area contributed by atoms with E-state index in [0.717, 1.165) is 0 Å². The Balaban J connectivity index is 2.98. The van der Waals surface area contributed by atoms with Crippen LogP contribution in [0.25, 0.3) is 0 Å². The molecule has 0 unspecified atom stereocenters. The second-order valence-electron chi connectivity index (χ2n) is 1.66. The van der Waals surface area contributed by atoms with Crippen molar-refractivity contribution in [2.24, 2.45) is 12.8 Å². The van der Waals surface area contributed by atoms with Crippen molar-refractivity contribution >= 4 is 5.84 Å². The van der Waals surface area contributed by atoms with Gasteiger partial charge >= 0.3 is 0 Å². The van der Waals surface area contributed by atoms with Gasteiger partial charge in [0.1, 0.15) is 6.33 Å². The zero-order chi connectivity index (χ0) is 6.85. The largest absolute Gasteiger partial charge is 0.381 e. The van der Waals surface area contributed by atoms with E-state index in [2.05, 4.69) is 10.1 Å². The number of nitrogens with zero attached hydrogens (tertiary/aromatic N) is 3. The van der Waals surface area contributed by atoms with Gasteiger partial charge in [-0.15, -0.1) is 5.10 Å². The van der Waals surface area contributed by atoms with Crippen LogP contribution in [-0.4, -0.2) is 20.6 Å². The van der Waals surface area contributed by atoms with Crippen LogP contribution in [-0.2, 0) is 7.05 Å². The number of amidine groups is 1. The predicted octanol–water partition coefficient (Wildman–Crippen LogP) is -0.901. The molecule has 9 heavy (non-hydrogen) atoms. The molecule has 1 aromatic heterocycles. The van der Waals surface area contributed by atoms with Crippen LogP contribution in [0, 0.1) is 5.41 Å². The number of aryl methyl sites for hydroxylation is 1. The molecular formula is C4H7N5. The van der Waals surface area contributed by atoms with Gasteiger partial charge in [-0.2, -0.15) is 0 Å². The molecule has 0 saturated carbocycles. The molecule has 0 radical (unpaired) electrons. The fourth-order valence-corrected chi connectivity index (χ4v) is 0.463. The summed E-state index contributed by atoms with van der Waals surface area (Å²) in [5, 5.41) is 10.7. The maximum absolute atomic E-state index is 6.89. The Labute approximate surface area is 52.0 Å². The van der Waals surface area contributed by atoms with Crippen LogP contribution in [0.15, 0.2) is 6.33 Å². The van der Waals surface area contributed by atoms with Gasteiger partial charge in [0.25, 0.3) is 0 Å². The van der Waals surface area contributed by atoms with Crippen molar-refractivity contribution in [3.05, 3.63) is 12.2 Å². The molecule has 1 aromatic rings. The number of aromatic nitrogens is 3. The van der Waals surface area contributed by atoms with E-state index in [-0.39, 0.29) is 11.7 Å². The highest BCUT2D eigenvalue weighted by atomic mass is 15.3. The fourth-order valence-electron chi connectivity index (χ4n) is 0.463. The maximum atomic E-state index is 6.89. The van der Waals surface area contributed by atoms with Crippen molar-refractivity contribution < 1.29 is 0 Å². The molecule has 0 aliphatic carbocycles. The molecule has 0 aliphatic heterocycles. The lowest BCUT2D eigenvalue weighted by atomic mass is 10.6. The Bertz CT molecular complexity index is 225. The van der Waals surface area contributed by atoms with Gasteiger partial charge in [-0.3, -0.25) is 10.1 Å². The van der Waals surface area contributed by atoms with Gasteiger partial charge in [-0.25, -0.2) is 4.98 Å². The van der Waals surface area contributed by atoms with Crippen LogP contribution in [0.2, 0.25) is 0 Å². The van der Waals surface area contributed by atoms with E-state index in [1.54, 1.807) is 7.05 Å². The topological polar surface area (TPSA) is 80.6 Å². The zero-order valence-electron chi connectivity index (χ0n) is 5.00. The van der Waals surface area contributed by atoms with E-state index in [9.17, 15) is 0 Å². The highest BCUT2D eigenvalue weighted by Crippen LogP contribution is 1.82. The minimum absolute atomic E-state index is 0.101. The van der Waals surface area contributed by atoms with Gasteiger partial charge in [0.05, 0.1) is 0 Å². The van der Waals surface area contributed by atoms with Crippen molar-refractivity contribution in [1.29, 1.82) is 5.41 Å². The Morgan fingerprint density at radius 3 is 2.78 bits per heavy atom. The van der Waals surface area contributed by atoms with E-state index >= 15 is 0 Å². The van der Waals surface area contributed by atoms with Crippen LogP contribution in [0.5, 0.6) is 0 Å². The van der Waals surface area contributed by atoms with Crippen LogP contribution >= 0.6 is 0 Å². The minimum Gasteiger partial charge on any atom is -0.381 e. The second kappa shape index (κ2) is 1.85. The smallest absolute Gasteiger partial charge is 0.215 e. The SMILES string of the molecule is Cn1cnc(C(=N)N)n1. The third-order valence-electron chi connectivity index (χ3n) is 0.840. The van der Waals surface area contributed by atoms with Crippen molar-refractivity contribution in [2.75, 3.05) is 0 Å². The highest BCUT2D eigenvalue weighted by molar-refractivity contribution is 5.90. The third kappa shape index (κ3) is 1.04. The first-order valence-electron chi connectivity index (χ1n) is 2.40. The fraction of sp³-hybridized carbons (Fsp3) is 0.250. The molecule has 0 aromatic carbocycles. The first-order chi connectivity index (χ1) is 4.20. The lowest BCUT2D eigenvalue weighted by Gasteiger charge is -1.84. The molecule has 0 saturated heterocycles. The lowest BCUT2D eigenvalue weighted by molar-refractivity contribution is 0.762. The van der Waals surface area contributed by atoms with Gasteiger partial charge < -0.3 is 5.73 Å². The molecule has 1 rings (SSSR count). The molecule has 0 spiro atoms.